The van der Waals surface area contributed by atoms with Gasteiger partial charge in [-0.25, -0.2) is 9.78 Å². The number of carboxylic acids is 1. The number of aliphatic carboxylic acids is 1. The standard InChI is InChI=1S/C27H34N8O7S2/c1-26(2,3)41-24(40)27(4,5)42-32-17(15-13-44-25(28)30-15)20(36)31-18-21(37)35-19(23(38)39)14(12-43-22(18)35)11-33-10-7-16-29-8-6-9-34(16)33/h7,10,13,18,22H,6,8-9,11-12H2,1-5H3,(H4,28,30,31,36,38,39)/t18-,22-/m1/s1. The van der Waals surface area contributed by atoms with E-state index < -0.39 is 46.4 Å². The fourth-order valence-corrected chi connectivity index (χ4v) is 6.72. The first-order chi connectivity index (χ1) is 20.7. The molecular weight excluding hydrogens is 612 g/mol. The SMILES string of the molecule is CC(C)(C)OC(=O)C(C)(C)ON=C(C(=O)N[C@@H]1C(=O)N2C(C(=O)[O-])=C(C[n+]3ccc4n3CCCN4)CS[C@H]12)c1csc(N)n1. The van der Waals surface area contributed by atoms with Crippen LogP contribution in [-0.4, -0.2) is 78.9 Å². The molecule has 0 saturated carbocycles. The highest BCUT2D eigenvalue weighted by Crippen LogP contribution is 2.40. The van der Waals surface area contributed by atoms with Crippen molar-refractivity contribution in [3.63, 3.8) is 0 Å². The number of hydrogen-bond acceptors (Lipinski definition) is 13. The van der Waals surface area contributed by atoms with Crippen LogP contribution in [0.5, 0.6) is 0 Å². The number of β-lactam (4-membered cyclic amide) rings is 1. The topological polar surface area (TPSA) is 197 Å². The second-order valence-corrected chi connectivity index (χ2v) is 13.9. The number of fused-ring (bicyclic) bond motifs is 2. The number of aromatic nitrogens is 3. The lowest BCUT2D eigenvalue weighted by atomic mass is 10.0. The third-order valence-corrected chi connectivity index (χ3v) is 8.97. The van der Waals surface area contributed by atoms with Crippen molar-refractivity contribution in [3.05, 3.63) is 34.6 Å². The molecule has 5 heterocycles. The number of carbonyl (C=O) groups excluding carboxylic acids is 4. The van der Waals surface area contributed by atoms with Gasteiger partial charge in [-0.05, 0) is 41.0 Å². The van der Waals surface area contributed by atoms with E-state index in [0.29, 0.717) is 11.3 Å². The second kappa shape index (κ2) is 11.8. The first kappa shape index (κ1) is 31.3. The van der Waals surface area contributed by atoms with E-state index in [1.807, 2.05) is 21.6 Å². The number of thioether (sulfide) groups is 1. The Morgan fingerprint density at radius 1 is 1.30 bits per heavy atom. The van der Waals surface area contributed by atoms with Gasteiger partial charge in [0.15, 0.2) is 29.4 Å². The third kappa shape index (κ3) is 6.24. The van der Waals surface area contributed by atoms with Gasteiger partial charge >= 0.3 is 5.97 Å². The molecule has 2 aromatic heterocycles. The summed E-state index contributed by atoms with van der Waals surface area (Å²) in [6, 6.07) is 0.867. The van der Waals surface area contributed by atoms with E-state index in [1.165, 1.54) is 31.0 Å². The van der Waals surface area contributed by atoms with Crippen LogP contribution < -0.4 is 26.2 Å². The van der Waals surface area contributed by atoms with Crippen molar-refractivity contribution >= 4 is 63.5 Å². The smallest absolute Gasteiger partial charge is 0.353 e. The van der Waals surface area contributed by atoms with E-state index in [-0.39, 0.29) is 28.8 Å². The summed E-state index contributed by atoms with van der Waals surface area (Å²) in [6.07, 6.45) is 2.79. The molecular formula is C27H34N8O7S2. The maximum Gasteiger partial charge on any atom is 0.353 e. The van der Waals surface area contributed by atoms with Gasteiger partial charge in [-0.15, -0.1) is 32.5 Å². The summed E-state index contributed by atoms with van der Waals surface area (Å²) in [5, 5.41) is 23.1. The number of ether oxygens (including phenoxy) is 1. The fourth-order valence-electron chi connectivity index (χ4n) is 4.84. The molecule has 1 fully saturated rings. The highest BCUT2D eigenvalue weighted by Gasteiger charge is 2.53. The predicted molar refractivity (Wildman–Crippen MR) is 159 cm³/mol. The zero-order valence-corrected chi connectivity index (χ0v) is 26.5. The van der Waals surface area contributed by atoms with Gasteiger partial charge < -0.3 is 35.8 Å². The minimum absolute atomic E-state index is 0.0737. The lowest BCUT2D eigenvalue weighted by Gasteiger charge is -2.50. The largest absolute Gasteiger partial charge is 0.543 e. The summed E-state index contributed by atoms with van der Waals surface area (Å²) in [7, 11) is 0. The van der Waals surface area contributed by atoms with Gasteiger partial charge in [0, 0.05) is 23.3 Å². The van der Waals surface area contributed by atoms with E-state index in [9.17, 15) is 24.3 Å². The first-order valence-electron chi connectivity index (χ1n) is 13.9. The van der Waals surface area contributed by atoms with E-state index in [0.717, 1.165) is 41.6 Å². The Kier molecular flexibility index (Phi) is 8.37. The quantitative estimate of drug-likeness (QED) is 0.105. The monoisotopic (exact) mass is 646 g/mol. The van der Waals surface area contributed by atoms with Crippen molar-refractivity contribution in [2.45, 2.75) is 76.7 Å². The number of nitrogens with two attached hydrogens (primary N) is 1. The predicted octanol–water partition coefficient (Wildman–Crippen LogP) is -0.425. The number of amides is 2. The van der Waals surface area contributed by atoms with Gasteiger partial charge in [0.2, 0.25) is 5.60 Å². The van der Waals surface area contributed by atoms with Crippen molar-refractivity contribution in [2.75, 3.05) is 23.3 Å². The van der Waals surface area contributed by atoms with Gasteiger partial charge in [-0.1, -0.05) is 5.16 Å². The summed E-state index contributed by atoms with van der Waals surface area (Å²) in [5.41, 5.74) is 3.51. The fraction of sp³-hybridized carbons (Fsp3) is 0.519. The minimum Gasteiger partial charge on any atom is -0.543 e. The number of nitrogens with one attached hydrogen (secondary N) is 2. The second-order valence-electron chi connectivity index (χ2n) is 11.9. The molecule has 0 aliphatic carbocycles. The summed E-state index contributed by atoms with van der Waals surface area (Å²) >= 11 is 2.39. The summed E-state index contributed by atoms with van der Waals surface area (Å²) in [6.45, 7) is 9.89. The molecule has 5 rings (SSSR count). The molecule has 0 bridgehead atoms. The van der Waals surface area contributed by atoms with Gasteiger partial charge in [-0.3, -0.25) is 14.5 Å². The maximum atomic E-state index is 13.5. The van der Waals surface area contributed by atoms with E-state index in [4.69, 9.17) is 15.3 Å². The molecule has 44 heavy (non-hydrogen) atoms. The zero-order chi connectivity index (χ0) is 32.0. The molecule has 0 spiro atoms. The molecule has 2 atom stereocenters. The number of esters is 1. The lowest BCUT2D eigenvalue weighted by Crippen LogP contribution is -2.71. The van der Waals surface area contributed by atoms with Crippen molar-refractivity contribution in [3.8, 4) is 0 Å². The van der Waals surface area contributed by atoms with Gasteiger partial charge in [0.05, 0.1) is 24.3 Å². The number of rotatable bonds is 9. The minimum atomic E-state index is -1.57. The van der Waals surface area contributed by atoms with E-state index >= 15 is 0 Å². The molecule has 2 amide bonds. The summed E-state index contributed by atoms with van der Waals surface area (Å²) < 4.78 is 9.32. The Morgan fingerprint density at radius 2 is 2.05 bits per heavy atom. The molecule has 15 nitrogen and oxygen atoms in total. The third-order valence-electron chi connectivity index (χ3n) is 6.96. The molecule has 3 aliphatic rings. The lowest BCUT2D eigenvalue weighted by molar-refractivity contribution is -0.768. The van der Waals surface area contributed by atoms with Crippen LogP contribution in [0.4, 0.5) is 10.9 Å². The average molecular weight is 647 g/mol. The molecule has 17 heteroatoms. The molecule has 4 N–H and O–H groups in total. The van der Waals surface area contributed by atoms with Gasteiger partial charge in [0.25, 0.3) is 11.8 Å². The van der Waals surface area contributed by atoms with Crippen LogP contribution in [0.25, 0.3) is 0 Å². The first-order valence-corrected chi connectivity index (χ1v) is 15.8. The number of thiazole rings is 1. The number of anilines is 2. The van der Waals surface area contributed by atoms with Crippen molar-refractivity contribution < 1.29 is 38.5 Å². The molecule has 2 aromatic rings. The number of oxime groups is 1. The Balaban J connectivity index is 1.34. The molecule has 1 saturated heterocycles. The van der Waals surface area contributed by atoms with Crippen LogP contribution in [-0.2, 0) is 41.8 Å². The number of hydrogen-bond donors (Lipinski definition) is 3. The highest BCUT2D eigenvalue weighted by molar-refractivity contribution is 8.00. The van der Waals surface area contributed by atoms with Crippen molar-refractivity contribution in [1.29, 1.82) is 0 Å². The Bertz CT molecular complexity index is 1570. The van der Waals surface area contributed by atoms with Gasteiger partial charge in [-0.2, -0.15) is 0 Å². The van der Waals surface area contributed by atoms with Gasteiger partial charge in [0.1, 0.15) is 22.7 Å². The van der Waals surface area contributed by atoms with Crippen molar-refractivity contribution in [1.82, 2.24) is 19.9 Å². The number of carbonyl (C=O) groups is 4. The molecule has 0 radical (unpaired) electrons. The average Bonchev–Trinajstić information content (AvgIpc) is 3.56. The van der Waals surface area contributed by atoms with Crippen LogP contribution in [0.1, 0.15) is 46.7 Å². The Labute approximate surface area is 261 Å². The van der Waals surface area contributed by atoms with Crippen LogP contribution in [0.3, 0.4) is 0 Å². The molecule has 0 unspecified atom stereocenters. The maximum absolute atomic E-state index is 13.5. The van der Waals surface area contributed by atoms with Crippen LogP contribution >= 0.6 is 23.1 Å². The van der Waals surface area contributed by atoms with Crippen LogP contribution in [0.2, 0.25) is 0 Å². The van der Waals surface area contributed by atoms with Crippen molar-refractivity contribution in [2.24, 2.45) is 5.16 Å². The zero-order valence-electron chi connectivity index (χ0n) is 24.9. The number of nitrogen functional groups attached to an aromatic ring is 1. The number of nitrogens with zero attached hydrogens (tertiary/aromatic N) is 5. The summed E-state index contributed by atoms with van der Waals surface area (Å²) in [5.74, 6) is -2.35. The Hall–Kier alpha value is -4.12. The van der Waals surface area contributed by atoms with E-state index in [1.54, 1.807) is 20.8 Å². The van der Waals surface area contributed by atoms with Crippen LogP contribution in [0.15, 0.2) is 34.1 Å². The summed E-state index contributed by atoms with van der Waals surface area (Å²) in [4.78, 5) is 62.5. The Morgan fingerprint density at radius 3 is 2.70 bits per heavy atom. The molecule has 0 aromatic carbocycles. The normalized spacial score (nSPS) is 20.2. The van der Waals surface area contributed by atoms with E-state index in [2.05, 4.69) is 20.8 Å². The molecule has 236 valence electrons. The molecule has 3 aliphatic heterocycles. The number of carboxylic acid groups (broad SMARTS) is 1. The highest BCUT2D eigenvalue weighted by atomic mass is 32.2. The van der Waals surface area contributed by atoms with Crippen LogP contribution in [0, 0.1) is 0 Å².